The van der Waals surface area contributed by atoms with E-state index in [4.69, 9.17) is 16.6 Å². The number of thiophene rings is 1. The maximum atomic E-state index is 13.6. The summed E-state index contributed by atoms with van der Waals surface area (Å²) in [5, 5.41) is 1.28. The molecule has 0 N–H and O–H groups in total. The van der Waals surface area contributed by atoms with Crippen LogP contribution in [0.5, 0.6) is 0 Å². The van der Waals surface area contributed by atoms with Crippen LogP contribution in [0.4, 0.5) is 0 Å². The van der Waals surface area contributed by atoms with Crippen LogP contribution in [0.25, 0.3) is 10.2 Å². The van der Waals surface area contributed by atoms with E-state index >= 15 is 0 Å². The van der Waals surface area contributed by atoms with Crippen molar-refractivity contribution in [2.24, 2.45) is 0 Å². The van der Waals surface area contributed by atoms with Crippen LogP contribution in [0.15, 0.2) is 46.9 Å². The molecular weight excluding hydrogens is 502 g/mol. The number of hydrogen-bond donors (Lipinski definition) is 0. The summed E-state index contributed by atoms with van der Waals surface area (Å²) in [6.07, 6.45) is 7.99. The van der Waals surface area contributed by atoms with Gasteiger partial charge in [-0.25, -0.2) is 4.98 Å². The Morgan fingerprint density at radius 1 is 1.17 bits per heavy atom. The van der Waals surface area contributed by atoms with E-state index in [1.165, 1.54) is 21.5 Å². The number of amides is 2. The second kappa shape index (κ2) is 10.3. The molecule has 2 aromatic heterocycles. The molecule has 3 aromatic rings. The number of thioether (sulfide) groups is 1. The molecule has 2 aliphatic rings. The Kier molecular flexibility index (Phi) is 7.14. The van der Waals surface area contributed by atoms with Crippen LogP contribution in [-0.2, 0) is 24.2 Å². The van der Waals surface area contributed by atoms with Crippen LogP contribution in [0.2, 0.25) is 5.02 Å². The molecule has 0 saturated carbocycles. The van der Waals surface area contributed by atoms with Crippen LogP contribution in [0.1, 0.15) is 52.9 Å². The highest BCUT2D eigenvalue weighted by Crippen LogP contribution is 2.36. The summed E-state index contributed by atoms with van der Waals surface area (Å²) in [6.45, 7) is 4.52. The molecule has 1 fully saturated rings. The minimum atomic E-state index is -0.497. The predicted octanol–water partition coefficient (Wildman–Crippen LogP) is 5.49. The Bertz CT molecular complexity index is 1360. The van der Waals surface area contributed by atoms with Crippen molar-refractivity contribution >= 4 is 56.7 Å². The molecule has 9 heteroatoms. The Hall–Kier alpha value is -2.42. The van der Waals surface area contributed by atoms with Crippen molar-refractivity contribution < 1.29 is 9.59 Å². The van der Waals surface area contributed by atoms with Gasteiger partial charge in [0.15, 0.2) is 5.16 Å². The maximum absolute atomic E-state index is 13.6. The van der Waals surface area contributed by atoms with E-state index in [1.54, 1.807) is 46.2 Å². The quantitative estimate of drug-likeness (QED) is 0.249. The standard InChI is InChI=1S/C26H26ClN3O3S2/c1-2-14-30-25(33)21-18-7-3-4-8-19(18)34-22(21)28-26(30)35-20-9-5-6-15-29(24(20)32)23(31)16-10-12-17(27)13-11-16/h2,10-13,20H,1,3-9,14-15H2. The molecule has 182 valence electrons. The minimum absolute atomic E-state index is 0.0630. The highest BCUT2D eigenvalue weighted by atomic mass is 35.5. The average molecular weight is 528 g/mol. The summed E-state index contributed by atoms with van der Waals surface area (Å²) in [5.41, 5.74) is 1.51. The molecule has 1 aromatic carbocycles. The van der Waals surface area contributed by atoms with E-state index in [0.717, 1.165) is 54.3 Å². The second-order valence-corrected chi connectivity index (χ2v) is 11.6. The van der Waals surface area contributed by atoms with E-state index in [-0.39, 0.29) is 17.4 Å². The average Bonchev–Trinajstić information content (AvgIpc) is 3.13. The SMILES string of the molecule is C=CCn1c(SC2CCCCN(C(=O)c3ccc(Cl)cc3)C2=O)nc2sc3c(c2c1=O)CCCC3. The van der Waals surface area contributed by atoms with E-state index in [9.17, 15) is 14.4 Å². The first-order valence-corrected chi connectivity index (χ1v) is 14.0. The lowest BCUT2D eigenvalue weighted by atomic mass is 9.97. The van der Waals surface area contributed by atoms with E-state index in [2.05, 4.69) is 6.58 Å². The Morgan fingerprint density at radius 2 is 1.94 bits per heavy atom. The van der Waals surface area contributed by atoms with Crippen molar-refractivity contribution in [1.29, 1.82) is 0 Å². The monoisotopic (exact) mass is 527 g/mol. The van der Waals surface area contributed by atoms with Crippen LogP contribution in [0.3, 0.4) is 0 Å². The number of likely N-dealkylation sites (tertiary alicyclic amines) is 1. The summed E-state index contributed by atoms with van der Waals surface area (Å²) in [6, 6.07) is 6.58. The number of imide groups is 1. The molecule has 0 radical (unpaired) electrons. The van der Waals surface area contributed by atoms with E-state index in [1.807, 2.05) is 0 Å². The first-order valence-electron chi connectivity index (χ1n) is 11.9. The number of hydrogen-bond acceptors (Lipinski definition) is 6. The molecule has 5 rings (SSSR count). The van der Waals surface area contributed by atoms with Gasteiger partial charge in [0, 0.05) is 28.6 Å². The lowest BCUT2D eigenvalue weighted by molar-refractivity contribution is -0.127. The van der Waals surface area contributed by atoms with Gasteiger partial charge in [0.05, 0.1) is 10.6 Å². The number of fused-ring (bicyclic) bond motifs is 3. The molecule has 1 atom stereocenters. The van der Waals surface area contributed by atoms with Gasteiger partial charge >= 0.3 is 0 Å². The third-order valence-electron chi connectivity index (χ3n) is 6.57. The molecule has 1 aliphatic heterocycles. The number of nitrogens with zero attached hydrogens (tertiary/aromatic N) is 3. The maximum Gasteiger partial charge on any atom is 0.263 e. The minimum Gasteiger partial charge on any atom is -0.283 e. The summed E-state index contributed by atoms with van der Waals surface area (Å²) in [4.78, 5) is 48.5. The molecular formula is C26H26ClN3O3S2. The van der Waals surface area contributed by atoms with E-state index in [0.29, 0.717) is 35.3 Å². The number of benzene rings is 1. The fraction of sp³-hybridized carbons (Fsp3) is 0.385. The van der Waals surface area contributed by atoms with Crippen LogP contribution >= 0.6 is 34.7 Å². The highest BCUT2D eigenvalue weighted by molar-refractivity contribution is 8.00. The normalized spacial score (nSPS) is 18.4. The van der Waals surface area contributed by atoms with Gasteiger partial charge in [-0.05, 0) is 68.4 Å². The highest BCUT2D eigenvalue weighted by Gasteiger charge is 2.33. The molecule has 3 heterocycles. The van der Waals surface area contributed by atoms with Gasteiger partial charge in [-0.3, -0.25) is 23.9 Å². The smallest absolute Gasteiger partial charge is 0.263 e. The summed E-state index contributed by atoms with van der Waals surface area (Å²) in [5.74, 6) is -0.561. The zero-order chi connectivity index (χ0) is 24.5. The third-order valence-corrected chi connectivity index (χ3v) is 9.26. The van der Waals surface area contributed by atoms with Crippen molar-refractivity contribution in [2.75, 3.05) is 6.54 Å². The van der Waals surface area contributed by atoms with Crippen LogP contribution in [0, 0.1) is 0 Å². The third kappa shape index (κ3) is 4.71. The van der Waals surface area contributed by atoms with Crippen molar-refractivity contribution in [3.8, 4) is 0 Å². The molecule has 0 spiro atoms. The fourth-order valence-electron chi connectivity index (χ4n) is 4.79. The zero-order valence-corrected chi connectivity index (χ0v) is 21.7. The molecule has 1 aliphatic carbocycles. The number of carbonyl (C=O) groups excluding carboxylic acids is 2. The number of allylic oxidation sites excluding steroid dienone is 1. The van der Waals surface area contributed by atoms with Gasteiger partial charge in [0.1, 0.15) is 4.83 Å². The molecule has 0 bridgehead atoms. The first-order chi connectivity index (χ1) is 17.0. The Balaban J connectivity index is 1.49. The number of carbonyl (C=O) groups is 2. The lowest BCUT2D eigenvalue weighted by Crippen LogP contribution is -2.41. The van der Waals surface area contributed by atoms with Crippen molar-refractivity contribution in [3.05, 3.63) is 68.3 Å². The van der Waals surface area contributed by atoms with Gasteiger partial charge in [-0.1, -0.05) is 35.9 Å². The van der Waals surface area contributed by atoms with Gasteiger partial charge in [0.2, 0.25) is 5.91 Å². The van der Waals surface area contributed by atoms with Crippen molar-refractivity contribution in [1.82, 2.24) is 14.5 Å². The zero-order valence-electron chi connectivity index (χ0n) is 19.3. The number of aryl methyl sites for hydroxylation is 2. The van der Waals surface area contributed by atoms with Gasteiger partial charge < -0.3 is 0 Å². The van der Waals surface area contributed by atoms with Crippen LogP contribution < -0.4 is 5.56 Å². The van der Waals surface area contributed by atoms with Crippen LogP contribution in [-0.4, -0.2) is 38.1 Å². The first kappa shape index (κ1) is 24.3. The number of aromatic nitrogens is 2. The second-order valence-electron chi connectivity index (χ2n) is 8.89. The molecule has 1 saturated heterocycles. The van der Waals surface area contributed by atoms with Crippen molar-refractivity contribution in [3.63, 3.8) is 0 Å². The van der Waals surface area contributed by atoms with E-state index < -0.39 is 5.25 Å². The topological polar surface area (TPSA) is 72.3 Å². The summed E-state index contributed by atoms with van der Waals surface area (Å²) < 4.78 is 1.63. The van der Waals surface area contributed by atoms with Gasteiger partial charge in [-0.15, -0.1) is 17.9 Å². The Labute approximate surface area is 217 Å². The fourth-order valence-corrected chi connectivity index (χ4v) is 7.42. The summed E-state index contributed by atoms with van der Waals surface area (Å²) in [7, 11) is 0. The summed E-state index contributed by atoms with van der Waals surface area (Å²) >= 11 is 8.86. The molecule has 35 heavy (non-hydrogen) atoms. The molecule has 2 amide bonds. The number of rotatable bonds is 5. The predicted molar refractivity (Wildman–Crippen MR) is 142 cm³/mol. The Morgan fingerprint density at radius 3 is 2.71 bits per heavy atom. The number of halogens is 1. The lowest BCUT2D eigenvalue weighted by Gasteiger charge is -2.23. The van der Waals surface area contributed by atoms with Gasteiger partial charge in [0.25, 0.3) is 11.5 Å². The molecule has 1 unspecified atom stereocenters. The molecule has 6 nitrogen and oxygen atoms in total. The largest absolute Gasteiger partial charge is 0.283 e. The van der Waals surface area contributed by atoms with Crippen molar-refractivity contribution in [2.45, 2.75) is 61.9 Å². The van der Waals surface area contributed by atoms with Gasteiger partial charge in [-0.2, -0.15) is 0 Å².